The van der Waals surface area contributed by atoms with Crippen LogP contribution in [0.2, 0.25) is 0 Å². The number of hydrogen-bond acceptors (Lipinski definition) is 3. The molecule has 0 radical (unpaired) electrons. The van der Waals surface area contributed by atoms with Crippen molar-refractivity contribution in [2.75, 3.05) is 13.1 Å². The van der Waals surface area contributed by atoms with Gasteiger partial charge in [0.15, 0.2) is 0 Å². The lowest BCUT2D eigenvalue weighted by molar-refractivity contribution is -0.137. The molecule has 0 saturated heterocycles. The largest absolute Gasteiger partial charge is 0.481 e. The minimum absolute atomic E-state index is 0.0139. The van der Waals surface area contributed by atoms with Gasteiger partial charge in [-0.2, -0.15) is 0 Å². The van der Waals surface area contributed by atoms with Gasteiger partial charge in [0, 0.05) is 26.1 Å². The van der Waals surface area contributed by atoms with E-state index in [9.17, 15) is 9.59 Å². The Balaban J connectivity index is 1.83. The molecule has 5 heteroatoms. The summed E-state index contributed by atoms with van der Waals surface area (Å²) in [5.41, 5.74) is 2.26. The minimum Gasteiger partial charge on any atom is -0.481 e. The van der Waals surface area contributed by atoms with Gasteiger partial charge in [0.2, 0.25) is 5.91 Å². The van der Waals surface area contributed by atoms with Crippen molar-refractivity contribution in [1.29, 1.82) is 0 Å². The summed E-state index contributed by atoms with van der Waals surface area (Å²) in [6.45, 7) is 1.99. The van der Waals surface area contributed by atoms with Gasteiger partial charge in [-0.05, 0) is 24.0 Å². The Kier molecular flexibility index (Phi) is 5.12. The molecular weight excluding hydrogens is 256 g/mol. The molecule has 2 rings (SSSR count). The van der Waals surface area contributed by atoms with E-state index in [-0.39, 0.29) is 18.2 Å². The molecule has 1 atom stereocenters. The molecule has 20 heavy (non-hydrogen) atoms. The number of nitrogens with one attached hydrogen (secondary N) is 2. The molecule has 0 fully saturated rings. The molecule has 1 heterocycles. The summed E-state index contributed by atoms with van der Waals surface area (Å²) < 4.78 is 0. The van der Waals surface area contributed by atoms with E-state index in [1.165, 1.54) is 5.56 Å². The highest BCUT2D eigenvalue weighted by Crippen LogP contribution is 2.23. The normalized spacial score (nSPS) is 17.3. The van der Waals surface area contributed by atoms with Crippen molar-refractivity contribution >= 4 is 11.9 Å². The average Bonchev–Trinajstić information content (AvgIpc) is 2.45. The van der Waals surface area contributed by atoms with E-state index in [0.29, 0.717) is 25.9 Å². The molecule has 1 aliphatic rings. The van der Waals surface area contributed by atoms with E-state index in [1.54, 1.807) is 0 Å². The smallest absolute Gasteiger partial charge is 0.303 e. The van der Waals surface area contributed by atoms with Crippen LogP contribution in [0.3, 0.4) is 0 Å². The van der Waals surface area contributed by atoms with Gasteiger partial charge >= 0.3 is 5.97 Å². The SMILES string of the molecule is O=C(O)CCCCNC(=O)C1CNCc2ccccc21. The number of fused-ring (bicyclic) bond motifs is 1. The summed E-state index contributed by atoms with van der Waals surface area (Å²) in [7, 11) is 0. The first kappa shape index (κ1) is 14.5. The second kappa shape index (κ2) is 7.05. The van der Waals surface area contributed by atoms with Crippen molar-refractivity contribution < 1.29 is 14.7 Å². The van der Waals surface area contributed by atoms with Crippen molar-refractivity contribution in [3.05, 3.63) is 35.4 Å². The average molecular weight is 276 g/mol. The molecular formula is C15H20N2O3. The first-order valence-corrected chi connectivity index (χ1v) is 6.96. The molecule has 5 nitrogen and oxygen atoms in total. The molecule has 0 aromatic heterocycles. The van der Waals surface area contributed by atoms with Gasteiger partial charge in [-0.1, -0.05) is 24.3 Å². The monoisotopic (exact) mass is 276 g/mol. The molecule has 3 N–H and O–H groups in total. The highest BCUT2D eigenvalue weighted by Gasteiger charge is 2.25. The van der Waals surface area contributed by atoms with Crippen molar-refractivity contribution in [2.24, 2.45) is 0 Å². The maximum atomic E-state index is 12.2. The fourth-order valence-electron chi connectivity index (χ4n) is 2.47. The van der Waals surface area contributed by atoms with Crippen LogP contribution < -0.4 is 10.6 Å². The molecule has 0 aliphatic carbocycles. The fourth-order valence-corrected chi connectivity index (χ4v) is 2.47. The lowest BCUT2D eigenvalue weighted by atomic mass is 9.90. The zero-order chi connectivity index (χ0) is 14.4. The van der Waals surface area contributed by atoms with Crippen LogP contribution >= 0.6 is 0 Å². The highest BCUT2D eigenvalue weighted by atomic mass is 16.4. The van der Waals surface area contributed by atoms with Crippen molar-refractivity contribution in [2.45, 2.75) is 31.7 Å². The molecule has 0 bridgehead atoms. The Morgan fingerprint density at radius 2 is 2.10 bits per heavy atom. The Hall–Kier alpha value is -1.88. The quantitative estimate of drug-likeness (QED) is 0.683. The third-order valence-corrected chi connectivity index (χ3v) is 3.53. The Morgan fingerprint density at radius 1 is 1.30 bits per heavy atom. The van der Waals surface area contributed by atoms with Gasteiger partial charge in [-0.3, -0.25) is 9.59 Å². The second-order valence-corrected chi connectivity index (χ2v) is 5.02. The maximum Gasteiger partial charge on any atom is 0.303 e. The number of rotatable bonds is 6. The molecule has 1 aliphatic heterocycles. The summed E-state index contributed by atoms with van der Waals surface area (Å²) in [6.07, 6.45) is 1.44. The summed E-state index contributed by atoms with van der Waals surface area (Å²) in [5, 5.41) is 14.7. The molecule has 1 amide bonds. The number of carboxylic acids is 1. The third-order valence-electron chi connectivity index (χ3n) is 3.53. The molecule has 1 aromatic carbocycles. The number of benzene rings is 1. The van der Waals surface area contributed by atoms with Crippen LogP contribution in [-0.4, -0.2) is 30.1 Å². The number of unbranched alkanes of at least 4 members (excludes halogenated alkanes) is 1. The first-order chi connectivity index (χ1) is 9.68. The number of aliphatic carboxylic acids is 1. The van der Waals surface area contributed by atoms with Crippen LogP contribution in [-0.2, 0) is 16.1 Å². The maximum absolute atomic E-state index is 12.2. The Morgan fingerprint density at radius 3 is 2.90 bits per heavy atom. The van der Waals surface area contributed by atoms with Gasteiger partial charge in [-0.15, -0.1) is 0 Å². The van der Waals surface area contributed by atoms with Crippen molar-refractivity contribution in [1.82, 2.24) is 10.6 Å². The molecule has 108 valence electrons. The van der Waals surface area contributed by atoms with Crippen molar-refractivity contribution in [3.8, 4) is 0 Å². The molecule has 1 aromatic rings. The highest BCUT2D eigenvalue weighted by molar-refractivity contribution is 5.84. The molecule has 0 saturated carbocycles. The topological polar surface area (TPSA) is 78.4 Å². The zero-order valence-electron chi connectivity index (χ0n) is 11.4. The number of carbonyl (C=O) groups excluding carboxylic acids is 1. The molecule has 1 unspecified atom stereocenters. The van der Waals surface area contributed by atoms with E-state index < -0.39 is 5.97 Å². The number of hydrogen-bond donors (Lipinski definition) is 3. The summed E-state index contributed by atoms with van der Waals surface area (Å²) in [4.78, 5) is 22.6. The third kappa shape index (κ3) is 3.81. The van der Waals surface area contributed by atoms with E-state index in [0.717, 1.165) is 12.1 Å². The predicted molar refractivity (Wildman–Crippen MR) is 75.4 cm³/mol. The van der Waals surface area contributed by atoms with Crippen molar-refractivity contribution in [3.63, 3.8) is 0 Å². The minimum atomic E-state index is -0.790. The van der Waals surface area contributed by atoms with Gasteiger partial charge in [0.1, 0.15) is 0 Å². The van der Waals surface area contributed by atoms with E-state index in [1.807, 2.05) is 24.3 Å². The number of carbonyl (C=O) groups is 2. The standard InChI is InChI=1S/C15H20N2O3/c18-14(19)7-3-4-8-17-15(20)13-10-16-9-11-5-1-2-6-12(11)13/h1-2,5-6,13,16H,3-4,7-10H2,(H,17,20)(H,18,19). The van der Waals surface area contributed by atoms with E-state index >= 15 is 0 Å². The summed E-state index contributed by atoms with van der Waals surface area (Å²) in [5.74, 6) is -0.930. The molecule has 0 spiro atoms. The van der Waals surface area contributed by atoms with Crippen LogP contribution in [0.15, 0.2) is 24.3 Å². The van der Waals surface area contributed by atoms with Crippen LogP contribution in [0.1, 0.15) is 36.3 Å². The van der Waals surface area contributed by atoms with Crippen LogP contribution in [0.25, 0.3) is 0 Å². The van der Waals surface area contributed by atoms with Crippen LogP contribution in [0.4, 0.5) is 0 Å². The second-order valence-electron chi connectivity index (χ2n) is 5.02. The van der Waals surface area contributed by atoms with Crippen LogP contribution in [0, 0.1) is 0 Å². The van der Waals surface area contributed by atoms with Gasteiger partial charge in [0.25, 0.3) is 0 Å². The lowest BCUT2D eigenvalue weighted by Crippen LogP contribution is -2.39. The van der Waals surface area contributed by atoms with Gasteiger partial charge < -0.3 is 15.7 Å². The lowest BCUT2D eigenvalue weighted by Gasteiger charge is -2.25. The van der Waals surface area contributed by atoms with E-state index in [4.69, 9.17) is 5.11 Å². The first-order valence-electron chi connectivity index (χ1n) is 6.96. The van der Waals surface area contributed by atoms with Gasteiger partial charge in [0.05, 0.1) is 5.92 Å². The number of amides is 1. The Bertz CT molecular complexity index is 488. The van der Waals surface area contributed by atoms with Gasteiger partial charge in [-0.25, -0.2) is 0 Å². The number of carboxylic acid groups (broad SMARTS) is 1. The predicted octanol–water partition coefficient (Wildman–Crippen LogP) is 1.24. The van der Waals surface area contributed by atoms with E-state index in [2.05, 4.69) is 10.6 Å². The summed E-state index contributed by atoms with van der Waals surface area (Å²) in [6, 6.07) is 7.98. The van der Waals surface area contributed by atoms with Crippen LogP contribution in [0.5, 0.6) is 0 Å². The summed E-state index contributed by atoms with van der Waals surface area (Å²) >= 11 is 0. The fraction of sp³-hybridized carbons (Fsp3) is 0.467. The Labute approximate surface area is 118 Å². The zero-order valence-corrected chi connectivity index (χ0v) is 11.4.